The molecule has 0 radical (unpaired) electrons. The molecule has 0 spiro atoms. The number of nitrogens with one attached hydrogen (secondary N) is 1. The molecule has 0 bridgehead atoms. The third-order valence-electron chi connectivity index (χ3n) is 4.84. The van der Waals surface area contributed by atoms with Crippen LogP contribution in [0.3, 0.4) is 0 Å². The normalized spacial score (nSPS) is 19.5. The number of thioether (sulfide) groups is 1. The molecule has 1 N–H and O–H groups in total. The lowest BCUT2D eigenvalue weighted by Gasteiger charge is -2.19. The number of hydrogen-bond acceptors (Lipinski definition) is 3. The van der Waals surface area contributed by atoms with E-state index in [0.29, 0.717) is 5.92 Å². The van der Waals surface area contributed by atoms with Crippen LogP contribution in [0.5, 0.6) is 0 Å². The van der Waals surface area contributed by atoms with E-state index in [9.17, 15) is 4.79 Å². The van der Waals surface area contributed by atoms with E-state index in [-0.39, 0.29) is 17.2 Å². The topological polar surface area (TPSA) is 41.5 Å². The second kappa shape index (κ2) is 7.67. The molecule has 26 heavy (non-hydrogen) atoms. The van der Waals surface area contributed by atoms with Crippen molar-refractivity contribution in [1.82, 2.24) is 5.43 Å². The zero-order valence-electron chi connectivity index (χ0n) is 15.8. The minimum Gasteiger partial charge on any atom is -0.273 e. The quantitative estimate of drug-likeness (QED) is 0.462. The fourth-order valence-electron chi connectivity index (χ4n) is 3.03. The largest absolute Gasteiger partial charge is 0.273 e. The number of hydrazone groups is 1. The summed E-state index contributed by atoms with van der Waals surface area (Å²) in [6, 6.07) is 16.8. The summed E-state index contributed by atoms with van der Waals surface area (Å²) in [5.41, 5.74) is 6.38. The lowest BCUT2D eigenvalue weighted by atomic mass is 9.86. The molecule has 0 aliphatic heterocycles. The zero-order valence-corrected chi connectivity index (χ0v) is 16.6. The SMILES string of the molecule is CSc1ccc(/C=N\NC(=O)[C@@H]2C[C@H]2c2ccc(C(C)(C)C)cc2)cc1. The smallest absolute Gasteiger partial charge is 0.243 e. The Morgan fingerprint density at radius 3 is 2.35 bits per heavy atom. The highest BCUT2D eigenvalue weighted by molar-refractivity contribution is 7.98. The number of amides is 1. The van der Waals surface area contributed by atoms with Gasteiger partial charge in [0.2, 0.25) is 5.91 Å². The van der Waals surface area contributed by atoms with Crippen molar-refractivity contribution in [2.45, 2.75) is 43.4 Å². The van der Waals surface area contributed by atoms with E-state index in [1.807, 2.05) is 30.5 Å². The molecule has 1 aliphatic rings. The summed E-state index contributed by atoms with van der Waals surface area (Å²) in [5, 5.41) is 4.10. The van der Waals surface area contributed by atoms with Crippen LogP contribution in [0.2, 0.25) is 0 Å². The van der Waals surface area contributed by atoms with Gasteiger partial charge in [0.15, 0.2) is 0 Å². The predicted molar refractivity (Wildman–Crippen MR) is 110 cm³/mol. The number of benzene rings is 2. The Labute approximate surface area is 160 Å². The minimum atomic E-state index is 0.00637. The first-order chi connectivity index (χ1) is 12.4. The van der Waals surface area contributed by atoms with Gasteiger partial charge >= 0.3 is 0 Å². The van der Waals surface area contributed by atoms with Gasteiger partial charge in [0.05, 0.1) is 6.21 Å². The lowest BCUT2D eigenvalue weighted by molar-refractivity contribution is -0.122. The fourth-order valence-corrected chi connectivity index (χ4v) is 3.44. The van der Waals surface area contributed by atoms with Crippen molar-refractivity contribution >= 4 is 23.9 Å². The molecule has 1 amide bonds. The Balaban J connectivity index is 1.53. The molecule has 3 rings (SSSR count). The molecule has 0 aromatic heterocycles. The zero-order chi connectivity index (χ0) is 18.7. The summed E-state index contributed by atoms with van der Waals surface area (Å²) in [7, 11) is 0. The van der Waals surface area contributed by atoms with Crippen LogP contribution in [0.15, 0.2) is 58.5 Å². The van der Waals surface area contributed by atoms with Crippen molar-refractivity contribution in [2.75, 3.05) is 6.26 Å². The Hall–Kier alpha value is -2.07. The first kappa shape index (κ1) is 18.7. The van der Waals surface area contributed by atoms with Gasteiger partial charge in [-0.2, -0.15) is 5.10 Å². The summed E-state index contributed by atoms with van der Waals surface area (Å²) in [5.74, 6) is 0.360. The van der Waals surface area contributed by atoms with Crippen LogP contribution < -0.4 is 5.43 Å². The predicted octanol–water partition coefficient (Wildman–Crippen LogP) is 4.96. The van der Waals surface area contributed by atoms with E-state index in [2.05, 4.69) is 55.6 Å². The van der Waals surface area contributed by atoms with Crippen molar-refractivity contribution in [3.05, 3.63) is 65.2 Å². The van der Waals surface area contributed by atoms with Gasteiger partial charge in [0, 0.05) is 10.8 Å². The third kappa shape index (κ3) is 4.55. The van der Waals surface area contributed by atoms with Gasteiger partial charge in [0.25, 0.3) is 0 Å². The van der Waals surface area contributed by atoms with E-state index >= 15 is 0 Å². The molecule has 1 saturated carbocycles. The number of hydrogen-bond donors (Lipinski definition) is 1. The van der Waals surface area contributed by atoms with Gasteiger partial charge in [0.1, 0.15) is 0 Å². The number of nitrogens with zero attached hydrogens (tertiary/aromatic N) is 1. The minimum absolute atomic E-state index is 0.00637. The molecular weight excluding hydrogens is 340 g/mol. The van der Waals surface area contributed by atoms with Gasteiger partial charge in [-0.05, 0) is 52.8 Å². The van der Waals surface area contributed by atoms with E-state index in [0.717, 1.165) is 12.0 Å². The fraction of sp³-hybridized carbons (Fsp3) is 0.364. The lowest BCUT2D eigenvalue weighted by Crippen LogP contribution is -2.20. The van der Waals surface area contributed by atoms with Crippen LogP contribution in [0.25, 0.3) is 0 Å². The molecule has 2 aromatic carbocycles. The molecule has 1 aliphatic carbocycles. The van der Waals surface area contributed by atoms with Gasteiger partial charge in [-0.15, -0.1) is 11.8 Å². The molecule has 2 aromatic rings. The van der Waals surface area contributed by atoms with Gasteiger partial charge < -0.3 is 0 Å². The maximum Gasteiger partial charge on any atom is 0.243 e. The maximum atomic E-state index is 12.3. The van der Waals surface area contributed by atoms with Crippen LogP contribution in [0.4, 0.5) is 0 Å². The second-order valence-electron chi connectivity index (χ2n) is 7.83. The van der Waals surface area contributed by atoms with Crippen molar-refractivity contribution in [3.63, 3.8) is 0 Å². The highest BCUT2D eigenvalue weighted by Crippen LogP contribution is 2.47. The number of carbonyl (C=O) groups is 1. The molecule has 0 unspecified atom stereocenters. The van der Waals surface area contributed by atoms with Crippen molar-refractivity contribution in [1.29, 1.82) is 0 Å². The van der Waals surface area contributed by atoms with Crippen LogP contribution >= 0.6 is 11.8 Å². The summed E-state index contributed by atoms with van der Waals surface area (Å²) >= 11 is 1.70. The van der Waals surface area contributed by atoms with Crippen LogP contribution in [-0.4, -0.2) is 18.4 Å². The molecule has 136 valence electrons. The molecule has 0 heterocycles. The highest BCUT2D eigenvalue weighted by atomic mass is 32.2. The summed E-state index contributed by atoms with van der Waals surface area (Å²) < 4.78 is 0. The van der Waals surface area contributed by atoms with E-state index in [1.54, 1.807) is 18.0 Å². The van der Waals surface area contributed by atoms with E-state index < -0.39 is 0 Å². The average molecular weight is 367 g/mol. The van der Waals surface area contributed by atoms with Crippen LogP contribution in [-0.2, 0) is 10.2 Å². The average Bonchev–Trinajstić information content (AvgIpc) is 3.42. The van der Waals surface area contributed by atoms with Gasteiger partial charge in [-0.1, -0.05) is 57.2 Å². The summed E-state index contributed by atoms with van der Waals surface area (Å²) in [4.78, 5) is 13.5. The highest BCUT2D eigenvalue weighted by Gasteiger charge is 2.43. The Kier molecular flexibility index (Phi) is 5.52. The maximum absolute atomic E-state index is 12.3. The Bertz CT molecular complexity index is 788. The standard InChI is InChI=1S/C22H26N2OS/c1-22(2,3)17-9-7-16(8-10-17)19-13-20(19)21(25)24-23-14-15-5-11-18(26-4)12-6-15/h5-12,14,19-20H,13H2,1-4H3,(H,24,25)/b23-14-/t19-,20+/m0/s1. The van der Waals surface area contributed by atoms with Gasteiger partial charge in [-0.3, -0.25) is 4.79 Å². The number of carbonyl (C=O) groups excluding carboxylic acids is 1. The molecule has 4 heteroatoms. The first-order valence-electron chi connectivity index (χ1n) is 8.96. The summed E-state index contributed by atoms with van der Waals surface area (Å²) in [6.07, 6.45) is 4.64. The van der Waals surface area contributed by atoms with Crippen LogP contribution in [0.1, 0.15) is 49.8 Å². The Morgan fingerprint density at radius 2 is 1.77 bits per heavy atom. The molecule has 3 nitrogen and oxygen atoms in total. The van der Waals surface area contributed by atoms with Crippen molar-refractivity contribution < 1.29 is 4.79 Å². The molecule has 1 fully saturated rings. The van der Waals surface area contributed by atoms with Crippen molar-refractivity contribution in [2.24, 2.45) is 11.0 Å². The van der Waals surface area contributed by atoms with E-state index in [1.165, 1.54) is 16.0 Å². The number of rotatable bonds is 5. The summed E-state index contributed by atoms with van der Waals surface area (Å²) in [6.45, 7) is 6.63. The molecule has 2 atom stereocenters. The monoisotopic (exact) mass is 366 g/mol. The van der Waals surface area contributed by atoms with Crippen molar-refractivity contribution in [3.8, 4) is 0 Å². The van der Waals surface area contributed by atoms with Crippen LogP contribution in [0, 0.1) is 5.92 Å². The van der Waals surface area contributed by atoms with E-state index in [4.69, 9.17) is 0 Å². The molecule has 0 saturated heterocycles. The third-order valence-corrected chi connectivity index (χ3v) is 5.58. The Morgan fingerprint density at radius 1 is 1.12 bits per heavy atom. The first-order valence-corrected chi connectivity index (χ1v) is 10.2. The van der Waals surface area contributed by atoms with Gasteiger partial charge in [-0.25, -0.2) is 5.43 Å². The molecular formula is C22H26N2OS. The second-order valence-corrected chi connectivity index (χ2v) is 8.71.